The Bertz CT molecular complexity index is 717. The van der Waals surface area contributed by atoms with Crippen molar-refractivity contribution in [1.82, 2.24) is 0 Å². The van der Waals surface area contributed by atoms with Crippen LogP contribution in [0.2, 0.25) is 0 Å². The molecule has 1 atom stereocenters. The minimum Gasteiger partial charge on any atom is -0.425 e. The molecular formula is C19H19BrO2. The van der Waals surface area contributed by atoms with Crippen LogP contribution in [0.15, 0.2) is 40.9 Å². The lowest BCUT2D eigenvalue weighted by molar-refractivity contribution is -0.137. The van der Waals surface area contributed by atoms with E-state index in [-0.39, 0.29) is 11.9 Å². The van der Waals surface area contributed by atoms with Crippen molar-refractivity contribution in [1.29, 1.82) is 0 Å². The highest BCUT2D eigenvalue weighted by Crippen LogP contribution is 2.39. The second kappa shape index (κ2) is 5.88. The van der Waals surface area contributed by atoms with E-state index in [0.29, 0.717) is 12.3 Å². The van der Waals surface area contributed by atoms with Gasteiger partial charge in [0.1, 0.15) is 5.75 Å². The maximum absolute atomic E-state index is 12.4. The molecule has 2 aromatic rings. The van der Waals surface area contributed by atoms with Gasteiger partial charge in [-0.1, -0.05) is 54.0 Å². The maximum Gasteiger partial charge on any atom is 0.319 e. The van der Waals surface area contributed by atoms with Crippen molar-refractivity contribution in [3.8, 4) is 5.75 Å². The highest BCUT2D eigenvalue weighted by Gasteiger charge is 2.32. The van der Waals surface area contributed by atoms with E-state index in [1.165, 1.54) is 11.1 Å². The van der Waals surface area contributed by atoms with Crippen LogP contribution < -0.4 is 4.74 Å². The predicted molar refractivity (Wildman–Crippen MR) is 91.5 cm³/mol. The molecule has 3 heteroatoms. The van der Waals surface area contributed by atoms with Gasteiger partial charge in [0.25, 0.3) is 0 Å². The molecule has 0 fully saturated rings. The lowest BCUT2D eigenvalue weighted by Gasteiger charge is -2.28. The van der Waals surface area contributed by atoms with E-state index in [1.807, 2.05) is 37.3 Å². The van der Waals surface area contributed by atoms with Gasteiger partial charge in [-0.2, -0.15) is 0 Å². The Morgan fingerprint density at radius 1 is 1.14 bits per heavy atom. The number of ether oxygens (including phenoxy) is 1. The third-order valence-corrected chi connectivity index (χ3v) is 4.81. The smallest absolute Gasteiger partial charge is 0.319 e. The summed E-state index contributed by atoms with van der Waals surface area (Å²) in [5, 5.41) is 0. The van der Waals surface area contributed by atoms with Gasteiger partial charge in [-0.25, -0.2) is 0 Å². The van der Waals surface area contributed by atoms with E-state index < -0.39 is 0 Å². The minimum atomic E-state index is -0.222. The molecular weight excluding hydrogens is 340 g/mol. The number of fused-ring (bicyclic) bond motifs is 1. The van der Waals surface area contributed by atoms with Gasteiger partial charge in [-0.3, -0.25) is 4.79 Å². The first-order valence-corrected chi connectivity index (χ1v) is 8.36. The molecule has 22 heavy (non-hydrogen) atoms. The molecule has 0 aliphatic carbocycles. The molecule has 2 nitrogen and oxygen atoms in total. The van der Waals surface area contributed by atoms with Gasteiger partial charge in [0, 0.05) is 4.47 Å². The Hall–Kier alpha value is -1.61. The quantitative estimate of drug-likeness (QED) is 0.549. The van der Waals surface area contributed by atoms with Crippen molar-refractivity contribution in [2.45, 2.75) is 39.0 Å². The standard InChI is InChI=1S/C19H19BrO2/c1-11(2)15-9-4-12(3)18-17(15)10-16(19(21)22-18)13-5-7-14(20)8-6-13/h4-9,11,16H,10H2,1-3H3. The predicted octanol–water partition coefficient (Wildman–Crippen LogP) is 5.13. The molecule has 1 aliphatic rings. The number of hydrogen-bond donors (Lipinski definition) is 0. The number of aryl methyl sites for hydroxylation is 1. The average molecular weight is 359 g/mol. The summed E-state index contributed by atoms with van der Waals surface area (Å²) in [5.41, 5.74) is 4.50. The lowest BCUT2D eigenvalue weighted by Crippen LogP contribution is -2.27. The van der Waals surface area contributed by atoms with Gasteiger partial charge >= 0.3 is 5.97 Å². The first kappa shape index (κ1) is 15.3. The molecule has 0 N–H and O–H groups in total. The van der Waals surface area contributed by atoms with Crippen molar-refractivity contribution in [2.24, 2.45) is 0 Å². The van der Waals surface area contributed by atoms with E-state index in [2.05, 4.69) is 35.8 Å². The Morgan fingerprint density at radius 2 is 1.82 bits per heavy atom. The Morgan fingerprint density at radius 3 is 2.45 bits per heavy atom. The third-order valence-electron chi connectivity index (χ3n) is 4.28. The van der Waals surface area contributed by atoms with E-state index in [1.54, 1.807) is 0 Å². The van der Waals surface area contributed by atoms with Crippen LogP contribution in [0, 0.1) is 6.92 Å². The normalized spacial score (nSPS) is 17.3. The molecule has 2 aromatic carbocycles. The fourth-order valence-corrected chi connectivity index (χ4v) is 3.33. The van der Waals surface area contributed by atoms with Crippen molar-refractivity contribution in [3.05, 3.63) is 63.1 Å². The fraction of sp³-hybridized carbons (Fsp3) is 0.316. The monoisotopic (exact) mass is 358 g/mol. The van der Waals surface area contributed by atoms with E-state index in [4.69, 9.17) is 4.74 Å². The molecule has 1 unspecified atom stereocenters. The number of halogens is 1. The molecule has 114 valence electrons. The molecule has 0 aromatic heterocycles. The van der Waals surface area contributed by atoms with Crippen molar-refractivity contribution < 1.29 is 9.53 Å². The van der Waals surface area contributed by atoms with Crippen LogP contribution in [-0.2, 0) is 11.2 Å². The van der Waals surface area contributed by atoms with E-state index in [0.717, 1.165) is 21.3 Å². The summed E-state index contributed by atoms with van der Waals surface area (Å²) in [4.78, 5) is 12.4. The Balaban J connectivity index is 2.05. The zero-order valence-electron chi connectivity index (χ0n) is 13.0. The first-order chi connectivity index (χ1) is 10.5. The fourth-order valence-electron chi connectivity index (χ4n) is 3.06. The lowest BCUT2D eigenvalue weighted by atomic mass is 9.84. The number of esters is 1. The zero-order chi connectivity index (χ0) is 15.9. The van der Waals surface area contributed by atoms with E-state index >= 15 is 0 Å². The summed E-state index contributed by atoms with van der Waals surface area (Å²) in [6.07, 6.45) is 0.713. The van der Waals surface area contributed by atoms with Gasteiger partial charge in [0.15, 0.2) is 0 Å². The van der Waals surface area contributed by atoms with Gasteiger partial charge in [0.05, 0.1) is 5.92 Å². The summed E-state index contributed by atoms with van der Waals surface area (Å²) in [6.45, 7) is 6.35. The summed E-state index contributed by atoms with van der Waals surface area (Å²) < 4.78 is 6.71. The highest BCUT2D eigenvalue weighted by molar-refractivity contribution is 9.10. The topological polar surface area (TPSA) is 26.3 Å². The Labute approximate surface area is 139 Å². The third kappa shape index (κ3) is 2.70. The summed E-state index contributed by atoms with van der Waals surface area (Å²) in [6, 6.07) is 12.1. The zero-order valence-corrected chi connectivity index (χ0v) is 14.6. The molecule has 0 spiro atoms. The van der Waals surface area contributed by atoms with Crippen LogP contribution in [0.5, 0.6) is 5.75 Å². The van der Waals surface area contributed by atoms with Crippen LogP contribution in [0.3, 0.4) is 0 Å². The molecule has 0 bridgehead atoms. The van der Waals surface area contributed by atoms with Gasteiger partial charge in [0.2, 0.25) is 0 Å². The van der Waals surface area contributed by atoms with Crippen LogP contribution in [-0.4, -0.2) is 5.97 Å². The van der Waals surface area contributed by atoms with Gasteiger partial charge in [-0.05, 0) is 53.6 Å². The van der Waals surface area contributed by atoms with Crippen LogP contribution >= 0.6 is 15.9 Å². The molecule has 3 rings (SSSR count). The Kier molecular flexibility index (Phi) is 4.09. The van der Waals surface area contributed by atoms with Crippen LogP contribution in [0.25, 0.3) is 0 Å². The second-order valence-electron chi connectivity index (χ2n) is 6.16. The maximum atomic E-state index is 12.4. The summed E-state index contributed by atoms with van der Waals surface area (Å²) in [5.74, 6) is 0.806. The second-order valence-corrected chi connectivity index (χ2v) is 7.08. The van der Waals surface area contributed by atoms with Gasteiger partial charge < -0.3 is 4.74 Å². The van der Waals surface area contributed by atoms with Crippen molar-refractivity contribution in [3.63, 3.8) is 0 Å². The molecule has 1 aliphatic heterocycles. The van der Waals surface area contributed by atoms with Crippen molar-refractivity contribution >= 4 is 21.9 Å². The largest absolute Gasteiger partial charge is 0.425 e. The average Bonchev–Trinajstić information content (AvgIpc) is 2.48. The number of carbonyl (C=O) groups excluding carboxylic acids is 1. The SMILES string of the molecule is Cc1ccc(C(C)C)c2c1OC(=O)C(c1ccc(Br)cc1)C2. The first-order valence-electron chi connectivity index (χ1n) is 7.57. The number of rotatable bonds is 2. The number of carbonyl (C=O) groups is 1. The van der Waals surface area contributed by atoms with Crippen LogP contribution in [0.4, 0.5) is 0 Å². The summed E-state index contributed by atoms with van der Waals surface area (Å²) in [7, 11) is 0. The number of benzene rings is 2. The minimum absolute atomic E-state index is 0.154. The highest BCUT2D eigenvalue weighted by atomic mass is 79.9. The molecule has 1 heterocycles. The molecule has 0 radical (unpaired) electrons. The molecule has 0 saturated heterocycles. The van der Waals surface area contributed by atoms with Crippen molar-refractivity contribution in [2.75, 3.05) is 0 Å². The van der Waals surface area contributed by atoms with Crippen LogP contribution in [0.1, 0.15) is 47.9 Å². The molecule has 0 saturated carbocycles. The summed E-state index contributed by atoms with van der Waals surface area (Å²) >= 11 is 3.43. The number of hydrogen-bond acceptors (Lipinski definition) is 2. The van der Waals surface area contributed by atoms with E-state index in [9.17, 15) is 4.79 Å². The van der Waals surface area contributed by atoms with Gasteiger partial charge in [-0.15, -0.1) is 0 Å². The molecule has 0 amide bonds.